The van der Waals surface area contributed by atoms with Crippen molar-refractivity contribution in [2.24, 2.45) is 0 Å². The van der Waals surface area contributed by atoms with E-state index in [-0.39, 0.29) is 17.8 Å². The number of carbonyl (C=O) groups is 1. The van der Waals surface area contributed by atoms with E-state index in [1.54, 1.807) is 31.4 Å². The summed E-state index contributed by atoms with van der Waals surface area (Å²) in [6.07, 6.45) is 1.73. The maximum atomic E-state index is 14.2. The number of piperidine rings is 1. The topological polar surface area (TPSA) is 50.8 Å². The van der Waals surface area contributed by atoms with E-state index in [9.17, 15) is 9.18 Å². The van der Waals surface area contributed by atoms with Gasteiger partial charge >= 0.3 is 0 Å². The molecule has 3 rings (SSSR count). The van der Waals surface area contributed by atoms with Crippen LogP contribution < -0.4 is 19.7 Å². The van der Waals surface area contributed by atoms with Crippen LogP contribution in [0.3, 0.4) is 0 Å². The smallest absolute Gasteiger partial charge is 0.255 e. The fourth-order valence-electron chi connectivity index (χ4n) is 3.43. The van der Waals surface area contributed by atoms with Gasteiger partial charge in [0.05, 0.1) is 25.5 Å². The molecule has 0 saturated carbocycles. The number of amides is 1. The summed E-state index contributed by atoms with van der Waals surface area (Å²) in [5, 5.41) is 3.06. The average Bonchev–Trinajstić information content (AvgIpc) is 2.69. The number of hydrogen-bond acceptors (Lipinski definition) is 4. The minimum Gasteiger partial charge on any atom is -0.497 e. The van der Waals surface area contributed by atoms with E-state index in [4.69, 9.17) is 9.47 Å². The second-order valence-electron chi connectivity index (χ2n) is 6.78. The molecule has 2 aromatic carbocycles. The summed E-state index contributed by atoms with van der Waals surface area (Å²) in [5.41, 5.74) is 2.03. The second kappa shape index (κ2) is 8.29. The summed E-state index contributed by atoms with van der Waals surface area (Å²) in [7, 11) is 3.08. The number of aryl methyl sites for hydroxylation is 1. The molecule has 144 valence electrons. The summed E-state index contributed by atoms with van der Waals surface area (Å²) in [4.78, 5) is 14.8. The van der Waals surface area contributed by atoms with Crippen molar-refractivity contribution >= 4 is 11.6 Å². The number of hydrogen-bond donors (Lipinski definition) is 1. The number of rotatable bonds is 5. The quantitative estimate of drug-likeness (QED) is 0.872. The monoisotopic (exact) mass is 372 g/mol. The van der Waals surface area contributed by atoms with Gasteiger partial charge in [-0.1, -0.05) is 6.07 Å². The molecule has 27 heavy (non-hydrogen) atoms. The Balaban J connectivity index is 1.74. The van der Waals surface area contributed by atoms with Crippen molar-refractivity contribution in [1.82, 2.24) is 5.32 Å². The van der Waals surface area contributed by atoms with E-state index < -0.39 is 0 Å². The highest BCUT2D eigenvalue weighted by molar-refractivity contribution is 5.97. The molecule has 0 radical (unpaired) electrons. The van der Waals surface area contributed by atoms with Crippen molar-refractivity contribution in [3.63, 3.8) is 0 Å². The van der Waals surface area contributed by atoms with Crippen molar-refractivity contribution in [3.8, 4) is 11.5 Å². The highest BCUT2D eigenvalue weighted by Crippen LogP contribution is 2.26. The van der Waals surface area contributed by atoms with E-state index in [2.05, 4.69) is 5.32 Å². The fourth-order valence-corrected chi connectivity index (χ4v) is 3.43. The minimum absolute atomic E-state index is 0.0675. The molecule has 0 bridgehead atoms. The molecule has 1 unspecified atom stereocenters. The van der Waals surface area contributed by atoms with Gasteiger partial charge in [-0.3, -0.25) is 4.79 Å². The second-order valence-corrected chi connectivity index (χ2v) is 6.78. The normalized spacial score (nSPS) is 16.7. The summed E-state index contributed by atoms with van der Waals surface area (Å²) >= 11 is 0. The molecule has 1 saturated heterocycles. The number of methoxy groups -OCH3 is 2. The van der Waals surface area contributed by atoms with Gasteiger partial charge in [0.15, 0.2) is 0 Å². The molecule has 1 N–H and O–H groups in total. The van der Waals surface area contributed by atoms with Crippen LogP contribution in [0.1, 0.15) is 28.8 Å². The number of benzene rings is 2. The molecule has 0 aromatic heterocycles. The molecule has 0 spiro atoms. The molecule has 1 fully saturated rings. The zero-order chi connectivity index (χ0) is 19.4. The predicted octanol–water partition coefficient (Wildman–Crippen LogP) is 3.55. The number of nitrogens with zero attached hydrogens (tertiary/aromatic N) is 1. The Morgan fingerprint density at radius 1 is 1.19 bits per heavy atom. The van der Waals surface area contributed by atoms with E-state index in [1.165, 1.54) is 13.2 Å². The fraction of sp³-hybridized carbons (Fsp3) is 0.381. The molecular formula is C21H25FN2O3. The lowest BCUT2D eigenvalue weighted by atomic mass is 10.0. The third kappa shape index (κ3) is 4.32. The molecule has 1 aliphatic rings. The van der Waals surface area contributed by atoms with Gasteiger partial charge in [-0.05, 0) is 55.7 Å². The minimum atomic E-state index is -0.234. The Morgan fingerprint density at radius 3 is 2.74 bits per heavy atom. The Hall–Kier alpha value is -2.76. The van der Waals surface area contributed by atoms with E-state index in [0.717, 1.165) is 24.9 Å². The molecule has 2 aromatic rings. The third-order valence-corrected chi connectivity index (χ3v) is 4.85. The van der Waals surface area contributed by atoms with Crippen LogP contribution in [0.5, 0.6) is 11.5 Å². The van der Waals surface area contributed by atoms with Crippen molar-refractivity contribution in [3.05, 3.63) is 53.3 Å². The Labute approximate surface area is 159 Å². The van der Waals surface area contributed by atoms with Crippen molar-refractivity contribution in [2.75, 3.05) is 32.2 Å². The first kappa shape index (κ1) is 19.0. The van der Waals surface area contributed by atoms with Crippen LogP contribution in [0.2, 0.25) is 0 Å². The predicted molar refractivity (Wildman–Crippen MR) is 103 cm³/mol. The van der Waals surface area contributed by atoms with E-state index in [1.807, 2.05) is 17.9 Å². The van der Waals surface area contributed by atoms with Crippen molar-refractivity contribution in [1.29, 1.82) is 0 Å². The lowest BCUT2D eigenvalue weighted by Gasteiger charge is -2.35. The maximum absolute atomic E-state index is 14.2. The molecule has 1 heterocycles. The van der Waals surface area contributed by atoms with Gasteiger partial charge in [-0.15, -0.1) is 0 Å². The van der Waals surface area contributed by atoms with E-state index in [0.29, 0.717) is 29.3 Å². The summed E-state index contributed by atoms with van der Waals surface area (Å²) in [6.45, 7) is 3.29. The Morgan fingerprint density at radius 2 is 2.00 bits per heavy atom. The molecule has 1 amide bonds. The molecule has 1 atom stereocenters. The Kier molecular flexibility index (Phi) is 5.84. The SMILES string of the molecule is COc1ccc(OC)c(C(=O)NC2CCCN(c3cc(C)ccc3F)C2)c1. The summed E-state index contributed by atoms with van der Waals surface area (Å²) in [5.74, 6) is 0.628. The maximum Gasteiger partial charge on any atom is 0.255 e. The first-order valence-corrected chi connectivity index (χ1v) is 9.06. The molecule has 0 aliphatic carbocycles. The van der Waals surface area contributed by atoms with Gasteiger partial charge in [0.2, 0.25) is 0 Å². The largest absolute Gasteiger partial charge is 0.497 e. The number of ether oxygens (including phenoxy) is 2. The highest BCUT2D eigenvalue weighted by Gasteiger charge is 2.25. The number of nitrogens with one attached hydrogen (secondary N) is 1. The third-order valence-electron chi connectivity index (χ3n) is 4.85. The van der Waals surface area contributed by atoms with Gasteiger partial charge in [0.1, 0.15) is 17.3 Å². The van der Waals surface area contributed by atoms with Crippen LogP contribution in [0.15, 0.2) is 36.4 Å². The van der Waals surface area contributed by atoms with Crippen molar-refractivity contribution < 1.29 is 18.7 Å². The number of anilines is 1. The molecule has 1 aliphatic heterocycles. The van der Waals surface area contributed by atoms with Crippen LogP contribution >= 0.6 is 0 Å². The molecule has 5 nitrogen and oxygen atoms in total. The summed E-state index contributed by atoms with van der Waals surface area (Å²) < 4.78 is 24.7. The van der Waals surface area contributed by atoms with Gasteiger partial charge in [-0.25, -0.2) is 4.39 Å². The van der Waals surface area contributed by atoms with E-state index >= 15 is 0 Å². The van der Waals surface area contributed by atoms with Crippen LogP contribution in [-0.2, 0) is 0 Å². The first-order valence-electron chi connectivity index (χ1n) is 9.06. The molecular weight excluding hydrogens is 347 g/mol. The Bertz CT molecular complexity index is 825. The first-order chi connectivity index (χ1) is 13.0. The number of halogens is 1. The molecule has 6 heteroatoms. The zero-order valence-electron chi connectivity index (χ0n) is 15.9. The van der Waals surface area contributed by atoms with Crippen LogP contribution in [-0.4, -0.2) is 39.3 Å². The summed E-state index contributed by atoms with van der Waals surface area (Å²) in [6, 6.07) is 10.2. The van der Waals surface area contributed by atoms with Crippen LogP contribution in [0.4, 0.5) is 10.1 Å². The van der Waals surface area contributed by atoms with Gasteiger partial charge in [0.25, 0.3) is 5.91 Å². The van der Waals surface area contributed by atoms with Gasteiger partial charge < -0.3 is 19.7 Å². The lowest BCUT2D eigenvalue weighted by molar-refractivity contribution is 0.0929. The number of carbonyl (C=O) groups excluding carboxylic acids is 1. The highest BCUT2D eigenvalue weighted by atomic mass is 19.1. The van der Waals surface area contributed by atoms with Crippen molar-refractivity contribution in [2.45, 2.75) is 25.8 Å². The average molecular weight is 372 g/mol. The zero-order valence-corrected chi connectivity index (χ0v) is 15.9. The van der Waals surface area contributed by atoms with Crippen LogP contribution in [0, 0.1) is 12.7 Å². The lowest BCUT2D eigenvalue weighted by Crippen LogP contribution is -2.48. The van der Waals surface area contributed by atoms with Crippen LogP contribution in [0.25, 0.3) is 0 Å². The van der Waals surface area contributed by atoms with Gasteiger partial charge in [0, 0.05) is 19.1 Å². The standard InChI is InChI=1S/C21H25FN2O3/c1-14-6-8-18(22)19(11-14)24-10-4-5-15(13-24)23-21(25)17-12-16(26-2)7-9-20(17)27-3/h6-9,11-12,15H,4-5,10,13H2,1-3H3,(H,23,25). The van der Waals surface area contributed by atoms with Gasteiger partial charge in [-0.2, -0.15) is 0 Å².